The number of carbonyl (C=O) groups is 1. The Hall–Kier alpha value is -1.49. The number of hydrogen-bond acceptors (Lipinski definition) is 4. The highest BCUT2D eigenvalue weighted by molar-refractivity contribution is 8.14. The Labute approximate surface area is 111 Å². The van der Waals surface area contributed by atoms with E-state index in [0.717, 1.165) is 28.7 Å². The Balaban J connectivity index is 1.96. The first-order chi connectivity index (χ1) is 8.67. The summed E-state index contributed by atoms with van der Waals surface area (Å²) in [4.78, 5) is 15.5. The van der Waals surface area contributed by atoms with Crippen LogP contribution in [0.15, 0.2) is 29.3 Å². The maximum Gasteiger partial charge on any atom is 0.221 e. The number of anilines is 2. The second kappa shape index (κ2) is 5.91. The maximum atomic E-state index is 10.9. The van der Waals surface area contributed by atoms with Crippen molar-refractivity contribution >= 4 is 34.2 Å². The number of aliphatic imine (C=N–C) groups is 1. The SMILES string of the molecule is CCC1CSC(Nc2ccc(NC(C)=O)cc2)=N1. The van der Waals surface area contributed by atoms with Crippen LogP contribution in [0.1, 0.15) is 20.3 Å². The van der Waals surface area contributed by atoms with E-state index in [2.05, 4.69) is 22.5 Å². The van der Waals surface area contributed by atoms with Crippen molar-refractivity contribution in [3.63, 3.8) is 0 Å². The van der Waals surface area contributed by atoms with Gasteiger partial charge in [-0.15, -0.1) is 0 Å². The van der Waals surface area contributed by atoms with Crippen LogP contribution in [0.25, 0.3) is 0 Å². The summed E-state index contributed by atoms with van der Waals surface area (Å²) in [5.74, 6) is 1.00. The summed E-state index contributed by atoms with van der Waals surface area (Å²) < 4.78 is 0. The van der Waals surface area contributed by atoms with Crippen LogP contribution in [0.2, 0.25) is 0 Å². The molecule has 0 aliphatic carbocycles. The largest absolute Gasteiger partial charge is 0.335 e. The quantitative estimate of drug-likeness (QED) is 0.881. The van der Waals surface area contributed by atoms with Crippen molar-refractivity contribution < 1.29 is 4.79 Å². The summed E-state index contributed by atoms with van der Waals surface area (Å²) in [6.07, 6.45) is 1.08. The molecule has 1 heterocycles. The predicted octanol–water partition coefficient (Wildman–Crippen LogP) is 2.94. The lowest BCUT2D eigenvalue weighted by atomic mass is 10.3. The highest BCUT2D eigenvalue weighted by Crippen LogP contribution is 2.22. The van der Waals surface area contributed by atoms with E-state index in [9.17, 15) is 4.79 Å². The minimum Gasteiger partial charge on any atom is -0.335 e. The molecule has 96 valence electrons. The van der Waals surface area contributed by atoms with E-state index in [1.165, 1.54) is 6.92 Å². The van der Waals surface area contributed by atoms with Crippen LogP contribution in [-0.2, 0) is 4.79 Å². The van der Waals surface area contributed by atoms with Crippen molar-refractivity contribution in [3.05, 3.63) is 24.3 Å². The van der Waals surface area contributed by atoms with Crippen LogP contribution < -0.4 is 10.6 Å². The Morgan fingerprint density at radius 1 is 1.39 bits per heavy atom. The molecule has 2 N–H and O–H groups in total. The first kappa shape index (κ1) is 13.0. The number of amides is 1. The summed E-state index contributed by atoms with van der Waals surface area (Å²) in [5, 5.41) is 7.01. The zero-order valence-electron chi connectivity index (χ0n) is 10.6. The molecule has 5 heteroatoms. The Morgan fingerprint density at radius 2 is 2.06 bits per heavy atom. The van der Waals surface area contributed by atoms with Crippen LogP contribution >= 0.6 is 11.8 Å². The number of nitrogens with one attached hydrogen (secondary N) is 2. The highest BCUT2D eigenvalue weighted by Gasteiger charge is 2.16. The minimum atomic E-state index is -0.0581. The van der Waals surface area contributed by atoms with Crippen molar-refractivity contribution in [2.24, 2.45) is 4.99 Å². The third-order valence-electron chi connectivity index (χ3n) is 2.64. The van der Waals surface area contributed by atoms with Crippen LogP contribution in [0.5, 0.6) is 0 Å². The number of carbonyl (C=O) groups excluding carboxylic acids is 1. The molecule has 0 fully saturated rings. The lowest BCUT2D eigenvalue weighted by molar-refractivity contribution is -0.114. The number of amidine groups is 1. The molecule has 1 atom stereocenters. The Bertz CT molecular complexity index is 456. The Kier molecular flexibility index (Phi) is 4.25. The summed E-state index contributed by atoms with van der Waals surface area (Å²) in [7, 11) is 0. The molecule has 1 aromatic rings. The van der Waals surface area contributed by atoms with Gasteiger partial charge in [0.25, 0.3) is 0 Å². The van der Waals surface area contributed by atoms with Crippen molar-refractivity contribution in [3.8, 4) is 0 Å². The molecule has 0 aromatic heterocycles. The van der Waals surface area contributed by atoms with Gasteiger partial charge in [-0.2, -0.15) is 0 Å². The van der Waals surface area contributed by atoms with Crippen LogP contribution in [0, 0.1) is 0 Å². The maximum absolute atomic E-state index is 10.9. The van der Waals surface area contributed by atoms with Gasteiger partial charge in [-0.3, -0.25) is 9.79 Å². The van der Waals surface area contributed by atoms with Crippen molar-refractivity contribution in [1.29, 1.82) is 0 Å². The molecule has 4 nitrogen and oxygen atoms in total. The lowest BCUT2D eigenvalue weighted by Gasteiger charge is -2.06. The summed E-state index contributed by atoms with van der Waals surface area (Å²) in [6, 6.07) is 8.07. The average Bonchev–Trinajstić information content (AvgIpc) is 2.79. The normalized spacial score (nSPS) is 18.3. The fourth-order valence-corrected chi connectivity index (χ4v) is 2.73. The average molecular weight is 263 g/mol. The van der Waals surface area contributed by atoms with Gasteiger partial charge in [0.1, 0.15) is 0 Å². The fraction of sp³-hybridized carbons (Fsp3) is 0.385. The molecule has 0 bridgehead atoms. The van der Waals surface area contributed by atoms with Gasteiger partial charge in [0.2, 0.25) is 5.91 Å². The monoisotopic (exact) mass is 263 g/mol. The molecule has 0 spiro atoms. The molecule has 1 amide bonds. The molecule has 0 saturated carbocycles. The van der Waals surface area contributed by atoms with E-state index in [4.69, 9.17) is 0 Å². The van der Waals surface area contributed by atoms with Gasteiger partial charge >= 0.3 is 0 Å². The van der Waals surface area contributed by atoms with Gasteiger partial charge < -0.3 is 10.6 Å². The van der Waals surface area contributed by atoms with Gasteiger partial charge in [-0.05, 0) is 30.7 Å². The smallest absolute Gasteiger partial charge is 0.221 e. The number of thioether (sulfide) groups is 1. The van der Waals surface area contributed by atoms with Gasteiger partial charge in [-0.1, -0.05) is 18.7 Å². The highest BCUT2D eigenvalue weighted by atomic mass is 32.2. The zero-order valence-corrected chi connectivity index (χ0v) is 11.4. The van der Waals surface area contributed by atoms with Crippen molar-refractivity contribution in [2.75, 3.05) is 16.4 Å². The van der Waals surface area contributed by atoms with Crippen LogP contribution in [0.3, 0.4) is 0 Å². The van der Waals surface area contributed by atoms with Gasteiger partial charge in [0.15, 0.2) is 5.17 Å². The second-order valence-corrected chi connectivity index (χ2v) is 5.20. The molecule has 1 aromatic carbocycles. The zero-order chi connectivity index (χ0) is 13.0. The standard InChI is InChI=1S/C13H17N3OS/c1-3-10-8-18-13(15-10)16-12-6-4-11(5-7-12)14-9(2)17/h4-7,10H,3,8H2,1-2H3,(H,14,17)(H,15,16). The van der Waals surface area contributed by atoms with Gasteiger partial charge in [0, 0.05) is 24.1 Å². The van der Waals surface area contributed by atoms with E-state index in [1.807, 2.05) is 24.3 Å². The van der Waals surface area contributed by atoms with Gasteiger partial charge in [0.05, 0.1) is 6.04 Å². The van der Waals surface area contributed by atoms with E-state index in [0.29, 0.717) is 6.04 Å². The van der Waals surface area contributed by atoms with Crippen molar-refractivity contribution in [1.82, 2.24) is 0 Å². The van der Waals surface area contributed by atoms with E-state index in [1.54, 1.807) is 11.8 Å². The molecule has 2 rings (SSSR count). The summed E-state index contributed by atoms with van der Waals surface area (Å²) >= 11 is 1.75. The number of hydrogen-bond donors (Lipinski definition) is 2. The van der Waals surface area contributed by atoms with E-state index in [-0.39, 0.29) is 5.91 Å². The summed E-state index contributed by atoms with van der Waals surface area (Å²) in [5.41, 5.74) is 1.80. The molecule has 0 saturated heterocycles. The van der Waals surface area contributed by atoms with Crippen LogP contribution in [-0.4, -0.2) is 22.9 Å². The number of benzene rings is 1. The van der Waals surface area contributed by atoms with Gasteiger partial charge in [-0.25, -0.2) is 0 Å². The lowest BCUT2D eigenvalue weighted by Crippen LogP contribution is -2.07. The van der Waals surface area contributed by atoms with Crippen LogP contribution in [0.4, 0.5) is 11.4 Å². The molecular weight excluding hydrogens is 246 g/mol. The predicted molar refractivity (Wildman–Crippen MR) is 78.3 cm³/mol. The topological polar surface area (TPSA) is 53.5 Å². The minimum absolute atomic E-state index is 0.0581. The second-order valence-electron chi connectivity index (χ2n) is 4.19. The first-order valence-electron chi connectivity index (χ1n) is 6.02. The molecular formula is C13H17N3OS. The molecule has 1 unspecified atom stereocenters. The third kappa shape index (κ3) is 3.50. The Morgan fingerprint density at radius 3 is 2.61 bits per heavy atom. The summed E-state index contributed by atoms with van der Waals surface area (Å²) in [6.45, 7) is 3.65. The van der Waals surface area contributed by atoms with Crippen molar-refractivity contribution in [2.45, 2.75) is 26.3 Å². The van der Waals surface area contributed by atoms with E-state index < -0.39 is 0 Å². The molecule has 1 aliphatic rings. The number of rotatable bonds is 3. The molecule has 18 heavy (non-hydrogen) atoms. The number of nitrogens with zero attached hydrogens (tertiary/aromatic N) is 1. The fourth-order valence-electron chi connectivity index (χ4n) is 1.66. The van der Waals surface area contributed by atoms with E-state index >= 15 is 0 Å². The molecule has 0 radical (unpaired) electrons. The third-order valence-corrected chi connectivity index (χ3v) is 3.67. The first-order valence-corrected chi connectivity index (χ1v) is 7.01. The molecule has 1 aliphatic heterocycles.